The van der Waals surface area contributed by atoms with Crippen LogP contribution in [0.25, 0.3) is 0 Å². The quantitative estimate of drug-likeness (QED) is 0.916. The molecule has 1 N–H and O–H groups in total. The molecule has 2 amide bonds. The van der Waals surface area contributed by atoms with Crippen molar-refractivity contribution in [2.45, 2.75) is 25.8 Å². The van der Waals surface area contributed by atoms with Gasteiger partial charge in [-0.2, -0.15) is 0 Å². The predicted molar refractivity (Wildman–Crippen MR) is 99.9 cm³/mol. The summed E-state index contributed by atoms with van der Waals surface area (Å²) in [5, 5.41) is 2.87. The maximum Gasteiger partial charge on any atom is 0.231 e. The Labute approximate surface area is 152 Å². The highest BCUT2D eigenvalue weighted by molar-refractivity contribution is 6.04. The van der Waals surface area contributed by atoms with Gasteiger partial charge in [0.15, 0.2) is 11.5 Å². The first-order valence-corrected chi connectivity index (χ1v) is 8.45. The molecule has 0 radical (unpaired) electrons. The number of para-hydroxylation sites is 2. The van der Waals surface area contributed by atoms with Crippen molar-refractivity contribution in [2.75, 3.05) is 24.4 Å². The number of nitrogens with zero attached hydrogens (tertiary/aromatic N) is 1. The van der Waals surface area contributed by atoms with Gasteiger partial charge in [0.25, 0.3) is 0 Å². The van der Waals surface area contributed by atoms with Crippen LogP contribution in [0.3, 0.4) is 0 Å². The van der Waals surface area contributed by atoms with E-state index in [1.54, 1.807) is 31.3 Å². The van der Waals surface area contributed by atoms with Gasteiger partial charge in [0, 0.05) is 12.5 Å². The van der Waals surface area contributed by atoms with Gasteiger partial charge in [-0.25, -0.2) is 0 Å². The number of hydrogen-bond acceptors (Lipinski definition) is 4. The first-order valence-electron chi connectivity index (χ1n) is 8.45. The molecule has 0 saturated heterocycles. The monoisotopic (exact) mass is 354 g/mol. The lowest BCUT2D eigenvalue weighted by atomic mass is 10.1. The first kappa shape index (κ1) is 17.8. The predicted octanol–water partition coefficient (Wildman–Crippen LogP) is 3.01. The average molecular weight is 354 g/mol. The molecular formula is C20H22N2O4. The van der Waals surface area contributed by atoms with E-state index in [0.29, 0.717) is 17.2 Å². The zero-order valence-electron chi connectivity index (χ0n) is 15.1. The summed E-state index contributed by atoms with van der Waals surface area (Å²) in [6.07, 6.45) is 0.458. The SMILES string of the molecule is COc1ccc(CC(=O)N2c3ccccc3NC(=O)C[C@H]2C)cc1OC. The van der Waals surface area contributed by atoms with Gasteiger partial charge in [-0.1, -0.05) is 18.2 Å². The van der Waals surface area contributed by atoms with Gasteiger partial charge < -0.3 is 19.7 Å². The lowest BCUT2D eigenvalue weighted by Crippen LogP contribution is -2.40. The van der Waals surface area contributed by atoms with Crippen molar-refractivity contribution >= 4 is 23.2 Å². The van der Waals surface area contributed by atoms with Gasteiger partial charge in [0.2, 0.25) is 11.8 Å². The topological polar surface area (TPSA) is 67.9 Å². The number of hydrogen-bond donors (Lipinski definition) is 1. The van der Waals surface area contributed by atoms with Crippen LogP contribution >= 0.6 is 0 Å². The van der Waals surface area contributed by atoms with Crippen LogP contribution in [0.4, 0.5) is 11.4 Å². The minimum Gasteiger partial charge on any atom is -0.493 e. The van der Waals surface area contributed by atoms with Crippen molar-refractivity contribution in [1.82, 2.24) is 0 Å². The summed E-state index contributed by atoms with van der Waals surface area (Å²) in [6, 6.07) is 12.6. The van der Waals surface area contributed by atoms with E-state index in [4.69, 9.17) is 9.47 Å². The number of methoxy groups -OCH3 is 2. The summed E-state index contributed by atoms with van der Waals surface area (Å²) in [5.74, 6) is 1.03. The summed E-state index contributed by atoms with van der Waals surface area (Å²) in [4.78, 5) is 26.8. The molecule has 1 aliphatic rings. The molecule has 2 aromatic rings. The molecular weight excluding hydrogens is 332 g/mol. The zero-order chi connectivity index (χ0) is 18.7. The molecule has 1 atom stereocenters. The lowest BCUT2D eigenvalue weighted by molar-refractivity contribution is -0.118. The Bertz CT molecular complexity index is 834. The Kier molecular flexibility index (Phi) is 5.11. The third-order valence-corrected chi connectivity index (χ3v) is 4.43. The molecule has 26 heavy (non-hydrogen) atoms. The summed E-state index contributed by atoms with van der Waals surface area (Å²) in [7, 11) is 3.14. The minimum atomic E-state index is -0.230. The Morgan fingerprint density at radius 3 is 2.62 bits per heavy atom. The van der Waals surface area contributed by atoms with E-state index >= 15 is 0 Å². The summed E-state index contributed by atoms with van der Waals surface area (Å²) in [6.45, 7) is 1.88. The molecule has 6 nitrogen and oxygen atoms in total. The number of anilines is 2. The fourth-order valence-corrected chi connectivity index (χ4v) is 3.22. The van der Waals surface area contributed by atoms with Crippen molar-refractivity contribution < 1.29 is 19.1 Å². The van der Waals surface area contributed by atoms with Crippen LogP contribution in [-0.2, 0) is 16.0 Å². The molecule has 0 saturated carbocycles. The number of carbonyl (C=O) groups excluding carboxylic acids is 2. The fraction of sp³-hybridized carbons (Fsp3) is 0.300. The molecule has 136 valence electrons. The summed E-state index contributed by atoms with van der Waals surface area (Å²) >= 11 is 0. The number of ether oxygens (including phenoxy) is 2. The Morgan fingerprint density at radius 1 is 1.15 bits per heavy atom. The molecule has 3 rings (SSSR count). The van der Waals surface area contributed by atoms with E-state index in [1.165, 1.54) is 0 Å². The molecule has 1 aliphatic heterocycles. The molecule has 0 fully saturated rings. The molecule has 0 spiro atoms. The second kappa shape index (κ2) is 7.47. The average Bonchev–Trinajstić information content (AvgIpc) is 2.75. The van der Waals surface area contributed by atoms with E-state index in [0.717, 1.165) is 11.3 Å². The molecule has 0 bridgehead atoms. The molecule has 6 heteroatoms. The van der Waals surface area contributed by atoms with Crippen LogP contribution in [-0.4, -0.2) is 32.1 Å². The fourth-order valence-electron chi connectivity index (χ4n) is 3.22. The minimum absolute atomic E-state index is 0.0753. The van der Waals surface area contributed by atoms with Crippen LogP contribution in [0, 0.1) is 0 Å². The maximum atomic E-state index is 13.1. The van der Waals surface area contributed by atoms with Gasteiger partial charge in [0.1, 0.15) is 0 Å². The molecule has 2 aromatic carbocycles. The number of amides is 2. The van der Waals surface area contributed by atoms with Gasteiger partial charge in [-0.3, -0.25) is 9.59 Å². The van der Waals surface area contributed by atoms with E-state index < -0.39 is 0 Å². The number of nitrogens with one attached hydrogen (secondary N) is 1. The lowest BCUT2D eigenvalue weighted by Gasteiger charge is -2.28. The standard InChI is InChI=1S/C20H22N2O4/c1-13-10-19(23)21-15-6-4-5-7-16(15)22(13)20(24)12-14-8-9-17(25-2)18(11-14)26-3/h4-9,11,13H,10,12H2,1-3H3,(H,21,23)/t13-/m1/s1. The normalized spacial score (nSPS) is 16.3. The van der Waals surface area contributed by atoms with Gasteiger partial charge in [0.05, 0.1) is 32.0 Å². The van der Waals surface area contributed by atoms with Crippen LogP contribution in [0.2, 0.25) is 0 Å². The smallest absolute Gasteiger partial charge is 0.231 e. The maximum absolute atomic E-state index is 13.1. The third kappa shape index (κ3) is 3.49. The second-order valence-corrected chi connectivity index (χ2v) is 6.25. The van der Waals surface area contributed by atoms with Gasteiger partial charge in [-0.05, 0) is 36.8 Å². The second-order valence-electron chi connectivity index (χ2n) is 6.25. The molecule has 0 aromatic heterocycles. The highest BCUT2D eigenvalue weighted by Gasteiger charge is 2.29. The van der Waals surface area contributed by atoms with Crippen molar-refractivity contribution in [3.63, 3.8) is 0 Å². The number of carbonyl (C=O) groups is 2. The first-order chi connectivity index (χ1) is 12.5. The van der Waals surface area contributed by atoms with Crippen molar-refractivity contribution in [3.05, 3.63) is 48.0 Å². The number of rotatable bonds is 4. The number of benzene rings is 2. The van der Waals surface area contributed by atoms with Gasteiger partial charge in [-0.15, -0.1) is 0 Å². The Hall–Kier alpha value is -3.02. The molecule has 0 aliphatic carbocycles. The molecule has 0 unspecified atom stereocenters. The van der Waals surface area contributed by atoms with Gasteiger partial charge >= 0.3 is 0 Å². The summed E-state index contributed by atoms with van der Waals surface area (Å²) in [5.41, 5.74) is 2.19. The van der Waals surface area contributed by atoms with Crippen LogP contribution in [0.5, 0.6) is 11.5 Å². The van der Waals surface area contributed by atoms with Crippen molar-refractivity contribution in [1.29, 1.82) is 0 Å². The van der Waals surface area contributed by atoms with E-state index in [2.05, 4.69) is 5.32 Å². The highest BCUT2D eigenvalue weighted by Crippen LogP contribution is 2.32. The Balaban J connectivity index is 1.90. The zero-order valence-corrected chi connectivity index (χ0v) is 15.1. The van der Waals surface area contributed by atoms with E-state index in [9.17, 15) is 9.59 Å². The van der Waals surface area contributed by atoms with Crippen LogP contribution in [0.1, 0.15) is 18.9 Å². The summed E-state index contributed by atoms with van der Waals surface area (Å²) < 4.78 is 10.5. The molecule has 1 heterocycles. The highest BCUT2D eigenvalue weighted by atomic mass is 16.5. The van der Waals surface area contributed by atoms with Crippen molar-refractivity contribution in [2.24, 2.45) is 0 Å². The third-order valence-electron chi connectivity index (χ3n) is 4.43. The number of fused-ring (bicyclic) bond motifs is 1. The largest absolute Gasteiger partial charge is 0.493 e. The van der Waals surface area contributed by atoms with E-state index in [-0.39, 0.29) is 30.7 Å². The van der Waals surface area contributed by atoms with Crippen LogP contribution < -0.4 is 19.7 Å². The Morgan fingerprint density at radius 2 is 1.88 bits per heavy atom. The van der Waals surface area contributed by atoms with Crippen molar-refractivity contribution in [3.8, 4) is 11.5 Å². The van der Waals surface area contributed by atoms with Crippen LogP contribution in [0.15, 0.2) is 42.5 Å². The van der Waals surface area contributed by atoms with E-state index in [1.807, 2.05) is 37.3 Å².